The van der Waals surface area contributed by atoms with Crippen LogP contribution in [-0.2, 0) is 6.42 Å². The number of hydrogen-bond donors (Lipinski definition) is 2. The van der Waals surface area contributed by atoms with E-state index in [1.165, 1.54) is 4.90 Å². The molecule has 0 saturated heterocycles. The summed E-state index contributed by atoms with van der Waals surface area (Å²) in [6.07, 6.45) is 0.765. The Bertz CT molecular complexity index is 530. The number of para-hydroxylation sites is 1. The van der Waals surface area contributed by atoms with Gasteiger partial charge in [-0.2, -0.15) is 0 Å². The number of benzene rings is 1. The zero-order valence-corrected chi connectivity index (χ0v) is 13.7. The van der Waals surface area contributed by atoms with Crippen molar-refractivity contribution in [2.75, 3.05) is 11.4 Å². The number of amides is 2. The fourth-order valence-electron chi connectivity index (χ4n) is 2.27. The molecule has 3 N–H and O–H groups in total. The highest BCUT2D eigenvalue weighted by Gasteiger charge is 2.28. The Morgan fingerprint density at radius 1 is 1.38 bits per heavy atom. The highest BCUT2D eigenvalue weighted by Crippen LogP contribution is 2.31. The van der Waals surface area contributed by atoms with Gasteiger partial charge in [0.15, 0.2) is 5.96 Å². The number of carbonyl (C=O) groups is 1. The molecule has 0 radical (unpaired) electrons. The van der Waals surface area contributed by atoms with Gasteiger partial charge in [0.25, 0.3) is 0 Å². The number of anilines is 1. The van der Waals surface area contributed by atoms with Gasteiger partial charge in [0, 0.05) is 12.6 Å². The van der Waals surface area contributed by atoms with E-state index in [9.17, 15) is 4.79 Å². The minimum absolute atomic E-state index is 0.198. The summed E-state index contributed by atoms with van der Waals surface area (Å²) in [5.41, 5.74) is 7.23. The van der Waals surface area contributed by atoms with Crippen molar-refractivity contribution in [1.82, 2.24) is 4.90 Å². The van der Waals surface area contributed by atoms with Crippen LogP contribution in [0.5, 0.6) is 0 Å². The van der Waals surface area contributed by atoms with Gasteiger partial charge in [0.1, 0.15) is 0 Å². The van der Waals surface area contributed by atoms with E-state index in [4.69, 9.17) is 22.7 Å². The van der Waals surface area contributed by atoms with Crippen LogP contribution in [0.4, 0.5) is 10.5 Å². The maximum atomic E-state index is 12.8. The van der Waals surface area contributed by atoms with Gasteiger partial charge in [0.2, 0.25) is 0 Å². The molecule has 0 spiro atoms. The predicted octanol–water partition coefficient (Wildman–Crippen LogP) is 3.45. The summed E-state index contributed by atoms with van der Waals surface area (Å²) in [5.74, 6) is -0.265. The van der Waals surface area contributed by atoms with Crippen LogP contribution >= 0.6 is 11.6 Å². The van der Waals surface area contributed by atoms with Gasteiger partial charge in [0.05, 0.1) is 10.7 Å². The number of nitrogens with zero attached hydrogens (tertiary/aromatic N) is 2. The molecular formula is C15H23ClN4O. The van der Waals surface area contributed by atoms with Gasteiger partial charge < -0.3 is 5.73 Å². The van der Waals surface area contributed by atoms with Crippen LogP contribution in [0.15, 0.2) is 18.2 Å². The minimum Gasteiger partial charge on any atom is -0.370 e. The Labute approximate surface area is 131 Å². The number of nitrogens with one attached hydrogen (secondary N) is 1. The highest BCUT2D eigenvalue weighted by molar-refractivity contribution is 6.34. The second-order valence-electron chi connectivity index (χ2n) is 4.98. The third kappa shape index (κ3) is 3.67. The van der Waals surface area contributed by atoms with Crippen LogP contribution in [0, 0.1) is 5.41 Å². The first kappa shape index (κ1) is 17.3. The van der Waals surface area contributed by atoms with Gasteiger partial charge in [-0.25, -0.2) is 4.79 Å². The summed E-state index contributed by atoms with van der Waals surface area (Å²) in [6, 6.07) is 5.05. The maximum Gasteiger partial charge on any atom is 0.331 e. The van der Waals surface area contributed by atoms with Crippen molar-refractivity contribution in [3.63, 3.8) is 0 Å². The molecule has 0 aliphatic carbocycles. The number of nitrogens with two attached hydrogens (primary N) is 1. The fourth-order valence-corrected chi connectivity index (χ4v) is 2.56. The van der Waals surface area contributed by atoms with Crippen LogP contribution in [0.3, 0.4) is 0 Å². The lowest BCUT2D eigenvalue weighted by Crippen LogP contribution is -2.52. The van der Waals surface area contributed by atoms with E-state index in [0.717, 1.165) is 12.0 Å². The zero-order valence-electron chi connectivity index (χ0n) is 13.0. The first-order valence-electron chi connectivity index (χ1n) is 7.07. The van der Waals surface area contributed by atoms with Gasteiger partial charge in [-0.3, -0.25) is 15.2 Å². The van der Waals surface area contributed by atoms with Crippen LogP contribution in [0.1, 0.15) is 33.3 Å². The summed E-state index contributed by atoms with van der Waals surface area (Å²) in [6.45, 7) is 7.98. The summed E-state index contributed by atoms with van der Waals surface area (Å²) < 4.78 is 0. The molecule has 0 heterocycles. The number of hydrogen-bond acceptors (Lipinski definition) is 2. The van der Waals surface area contributed by atoms with Gasteiger partial charge >= 0.3 is 6.03 Å². The third-order valence-electron chi connectivity index (χ3n) is 3.25. The second kappa shape index (κ2) is 7.31. The molecule has 2 amide bonds. The molecule has 0 bridgehead atoms. The molecule has 0 aliphatic rings. The first-order chi connectivity index (χ1) is 9.84. The van der Waals surface area contributed by atoms with E-state index in [1.54, 1.807) is 11.0 Å². The summed E-state index contributed by atoms with van der Waals surface area (Å²) in [7, 11) is 0. The van der Waals surface area contributed by atoms with Crippen molar-refractivity contribution in [2.45, 2.75) is 40.2 Å². The summed E-state index contributed by atoms with van der Waals surface area (Å²) >= 11 is 6.29. The topological polar surface area (TPSA) is 73.4 Å². The third-order valence-corrected chi connectivity index (χ3v) is 3.56. The van der Waals surface area contributed by atoms with Crippen LogP contribution in [0.25, 0.3) is 0 Å². The number of carbonyl (C=O) groups excluding carboxylic acids is 1. The lowest BCUT2D eigenvalue weighted by atomic mass is 10.1. The zero-order chi connectivity index (χ0) is 16.2. The second-order valence-corrected chi connectivity index (χ2v) is 5.38. The van der Waals surface area contributed by atoms with E-state index < -0.39 is 0 Å². The summed E-state index contributed by atoms with van der Waals surface area (Å²) in [5, 5.41) is 8.14. The number of rotatable bonds is 4. The average Bonchev–Trinajstić information content (AvgIpc) is 2.40. The Kier molecular flexibility index (Phi) is 6.03. The Morgan fingerprint density at radius 3 is 2.43 bits per heavy atom. The molecule has 6 heteroatoms. The van der Waals surface area contributed by atoms with Crippen molar-refractivity contribution in [3.8, 4) is 0 Å². The van der Waals surface area contributed by atoms with Crippen LogP contribution in [-0.4, -0.2) is 29.5 Å². The average molecular weight is 311 g/mol. The lowest BCUT2D eigenvalue weighted by molar-refractivity contribution is 0.219. The molecule has 0 atom stereocenters. The van der Waals surface area contributed by atoms with Crippen molar-refractivity contribution in [3.05, 3.63) is 28.8 Å². The fraction of sp³-hybridized carbons (Fsp3) is 0.467. The van der Waals surface area contributed by atoms with E-state index in [0.29, 0.717) is 17.3 Å². The summed E-state index contributed by atoms with van der Waals surface area (Å²) in [4.78, 5) is 15.6. The minimum atomic E-state index is -0.331. The molecule has 1 rings (SSSR count). The SMILES string of the molecule is CCc1cccc(Cl)c1N(CC)C(=O)N(C(=N)N)C(C)C. The lowest BCUT2D eigenvalue weighted by Gasteiger charge is -2.32. The van der Waals surface area contributed by atoms with Crippen molar-refractivity contribution in [2.24, 2.45) is 5.73 Å². The normalized spacial score (nSPS) is 10.6. The van der Waals surface area contributed by atoms with Gasteiger partial charge in [-0.15, -0.1) is 0 Å². The molecule has 0 aromatic heterocycles. The molecule has 1 aromatic rings. The molecule has 0 saturated carbocycles. The smallest absolute Gasteiger partial charge is 0.331 e. The van der Waals surface area contributed by atoms with Crippen molar-refractivity contribution < 1.29 is 4.79 Å². The molecule has 21 heavy (non-hydrogen) atoms. The van der Waals surface area contributed by atoms with Gasteiger partial charge in [-0.05, 0) is 38.8 Å². The van der Waals surface area contributed by atoms with Crippen molar-refractivity contribution >= 4 is 29.3 Å². The Morgan fingerprint density at radius 2 is 2.00 bits per heavy atom. The molecule has 116 valence electrons. The van der Waals surface area contributed by atoms with E-state index in [2.05, 4.69) is 0 Å². The van der Waals surface area contributed by atoms with E-state index >= 15 is 0 Å². The number of guanidine groups is 1. The van der Waals surface area contributed by atoms with Crippen molar-refractivity contribution in [1.29, 1.82) is 5.41 Å². The largest absolute Gasteiger partial charge is 0.370 e. The molecule has 1 aromatic carbocycles. The maximum absolute atomic E-state index is 12.8. The molecule has 5 nitrogen and oxygen atoms in total. The first-order valence-corrected chi connectivity index (χ1v) is 7.45. The quantitative estimate of drug-likeness (QED) is 0.660. The van der Waals surface area contributed by atoms with E-state index in [1.807, 2.05) is 39.8 Å². The Hall–Kier alpha value is -1.75. The molecule has 0 unspecified atom stereocenters. The van der Waals surface area contributed by atoms with Crippen LogP contribution in [0.2, 0.25) is 5.02 Å². The standard InChI is InChI=1S/C15H23ClN4O/c1-5-11-8-7-9-12(16)13(11)19(6-2)15(21)20(10(3)4)14(17)18/h7-10H,5-6H2,1-4H3,(H3,17,18). The monoisotopic (exact) mass is 310 g/mol. The predicted molar refractivity (Wildman–Crippen MR) is 88.1 cm³/mol. The highest BCUT2D eigenvalue weighted by atomic mass is 35.5. The van der Waals surface area contributed by atoms with E-state index in [-0.39, 0.29) is 18.0 Å². The number of aryl methyl sites for hydroxylation is 1. The van der Waals surface area contributed by atoms with Gasteiger partial charge in [-0.1, -0.05) is 30.7 Å². The molecule has 0 fully saturated rings. The number of halogens is 1. The Balaban J connectivity index is 3.31. The molecular weight excluding hydrogens is 288 g/mol. The molecule has 0 aliphatic heterocycles. The van der Waals surface area contributed by atoms with Crippen LogP contribution < -0.4 is 10.6 Å². The number of urea groups is 1.